The first kappa shape index (κ1) is 12.3. The fourth-order valence-electron chi connectivity index (χ4n) is 1.12. The van der Waals surface area contributed by atoms with Gasteiger partial charge >= 0.3 is 0 Å². The van der Waals surface area contributed by atoms with E-state index in [-0.39, 0.29) is 0 Å². The van der Waals surface area contributed by atoms with Crippen molar-refractivity contribution in [3.05, 3.63) is 29.3 Å². The number of hydrogen-bond donors (Lipinski definition) is 2. The summed E-state index contributed by atoms with van der Waals surface area (Å²) in [7, 11) is 0. The number of hydrogen-bond acceptors (Lipinski definition) is 1. The molecule has 0 radical (unpaired) electrons. The lowest BCUT2D eigenvalue weighted by Crippen LogP contribution is -2.29. The van der Waals surface area contributed by atoms with Gasteiger partial charge < -0.3 is 10.6 Å². The van der Waals surface area contributed by atoms with Crippen molar-refractivity contribution in [1.82, 2.24) is 5.32 Å². The van der Waals surface area contributed by atoms with Gasteiger partial charge in [-0.25, -0.2) is 0 Å². The van der Waals surface area contributed by atoms with E-state index < -0.39 is 0 Å². The van der Waals surface area contributed by atoms with Crippen molar-refractivity contribution < 1.29 is 0 Å². The van der Waals surface area contributed by atoms with Crippen molar-refractivity contribution in [1.29, 1.82) is 0 Å². The summed E-state index contributed by atoms with van der Waals surface area (Å²) in [5, 5.41) is 7.56. The van der Waals surface area contributed by atoms with E-state index in [4.69, 9.17) is 23.8 Å². The zero-order chi connectivity index (χ0) is 11.1. The van der Waals surface area contributed by atoms with Crippen molar-refractivity contribution in [2.75, 3.05) is 11.9 Å². The Bertz CT molecular complexity index is 328. The monoisotopic (exact) mass is 242 g/mol. The van der Waals surface area contributed by atoms with Crippen molar-refractivity contribution in [2.45, 2.75) is 19.8 Å². The van der Waals surface area contributed by atoms with E-state index in [1.54, 1.807) is 0 Å². The Morgan fingerprint density at radius 1 is 1.47 bits per heavy atom. The molecule has 0 atom stereocenters. The molecule has 0 aromatic heterocycles. The van der Waals surface area contributed by atoms with Gasteiger partial charge in [-0.3, -0.25) is 0 Å². The Labute approximate surface area is 101 Å². The molecule has 0 heterocycles. The molecule has 82 valence electrons. The molecule has 1 aromatic rings. The molecular formula is C11H15ClN2S. The molecule has 0 aliphatic rings. The van der Waals surface area contributed by atoms with E-state index in [2.05, 4.69) is 17.6 Å². The standard InChI is InChI=1S/C11H15ClN2S/c1-2-3-7-13-11(15)14-10-6-4-5-9(12)8-10/h4-6,8H,2-3,7H2,1H3,(H2,13,14,15). The lowest BCUT2D eigenvalue weighted by atomic mass is 10.3. The summed E-state index contributed by atoms with van der Waals surface area (Å²) in [4.78, 5) is 0. The molecule has 0 spiro atoms. The number of thiocarbonyl (C=S) groups is 1. The van der Waals surface area contributed by atoms with Gasteiger partial charge in [-0.2, -0.15) is 0 Å². The van der Waals surface area contributed by atoms with Gasteiger partial charge in [0.05, 0.1) is 0 Å². The maximum atomic E-state index is 5.85. The van der Waals surface area contributed by atoms with Crippen LogP contribution in [0.3, 0.4) is 0 Å². The van der Waals surface area contributed by atoms with Gasteiger partial charge in [0.15, 0.2) is 5.11 Å². The molecule has 0 aliphatic carbocycles. The highest BCUT2D eigenvalue weighted by atomic mass is 35.5. The van der Waals surface area contributed by atoms with Crippen LogP contribution in [0.5, 0.6) is 0 Å². The van der Waals surface area contributed by atoms with Gasteiger partial charge in [-0.1, -0.05) is 31.0 Å². The molecule has 2 N–H and O–H groups in total. The third kappa shape index (κ3) is 5.00. The first-order chi connectivity index (χ1) is 7.22. The SMILES string of the molecule is CCCCNC(=S)Nc1cccc(Cl)c1. The number of anilines is 1. The van der Waals surface area contributed by atoms with Crippen LogP contribution in [-0.2, 0) is 0 Å². The van der Waals surface area contributed by atoms with Crippen LogP contribution in [0.25, 0.3) is 0 Å². The molecule has 0 saturated carbocycles. The maximum absolute atomic E-state index is 5.85. The summed E-state index contributed by atoms with van der Waals surface area (Å²) >= 11 is 11.0. The van der Waals surface area contributed by atoms with Crippen molar-refractivity contribution >= 4 is 34.6 Å². The van der Waals surface area contributed by atoms with Crippen molar-refractivity contribution in [2.24, 2.45) is 0 Å². The second kappa shape index (κ2) is 6.64. The lowest BCUT2D eigenvalue weighted by molar-refractivity contribution is 0.758. The summed E-state index contributed by atoms with van der Waals surface area (Å²) in [5.74, 6) is 0. The zero-order valence-electron chi connectivity index (χ0n) is 8.72. The topological polar surface area (TPSA) is 24.1 Å². The zero-order valence-corrected chi connectivity index (χ0v) is 10.3. The van der Waals surface area contributed by atoms with E-state index in [9.17, 15) is 0 Å². The minimum atomic E-state index is 0.644. The van der Waals surface area contributed by atoms with Gasteiger partial charge in [0.2, 0.25) is 0 Å². The molecule has 0 amide bonds. The molecule has 15 heavy (non-hydrogen) atoms. The number of nitrogens with one attached hydrogen (secondary N) is 2. The van der Waals surface area contributed by atoms with Crippen LogP contribution in [0.2, 0.25) is 5.02 Å². The number of halogens is 1. The van der Waals surface area contributed by atoms with Gasteiger partial charge in [-0.05, 0) is 36.8 Å². The van der Waals surface area contributed by atoms with Crippen LogP contribution < -0.4 is 10.6 Å². The highest BCUT2D eigenvalue weighted by Gasteiger charge is 1.96. The highest BCUT2D eigenvalue weighted by molar-refractivity contribution is 7.80. The smallest absolute Gasteiger partial charge is 0.170 e. The number of rotatable bonds is 4. The molecule has 1 aromatic carbocycles. The molecule has 0 fully saturated rings. The Balaban J connectivity index is 2.37. The van der Waals surface area contributed by atoms with Gasteiger partial charge in [0.25, 0.3) is 0 Å². The normalized spacial score (nSPS) is 9.73. The predicted octanol–water partition coefficient (Wildman–Crippen LogP) is 3.43. The molecule has 1 rings (SSSR count). The molecule has 0 aliphatic heterocycles. The van der Waals surface area contributed by atoms with Crippen LogP contribution in [0.1, 0.15) is 19.8 Å². The van der Waals surface area contributed by atoms with E-state index in [1.807, 2.05) is 24.3 Å². The summed E-state index contributed by atoms with van der Waals surface area (Å²) in [6.07, 6.45) is 2.28. The fourth-order valence-corrected chi connectivity index (χ4v) is 1.53. The molecule has 0 saturated heterocycles. The van der Waals surface area contributed by atoms with E-state index >= 15 is 0 Å². The number of unbranched alkanes of at least 4 members (excludes halogenated alkanes) is 1. The molecular weight excluding hydrogens is 228 g/mol. The first-order valence-corrected chi connectivity index (χ1v) is 5.81. The van der Waals surface area contributed by atoms with Gasteiger partial charge in [0.1, 0.15) is 0 Å². The minimum absolute atomic E-state index is 0.644. The average molecular weight is 243 g/mol. The average Bonchev–Trinajstić information content (AvgIpc) is 2.18. The summed E-state index contributed by atoms with van der Waals surface area (Å²) in [6.45, 7) is 3.05. The second-order valence-corrected chi connectivity index (χ2v) is 4.09. The van der Waals surface area contributed by atoms with Crippen molar-refractivity contribution in [3.63, 3.8) is 0 Å². The van der Waals surface area contributed by atoms with Gasteiger partial charge in [-0.15, -0.1) is 0 Å². The summed E-state index contributed by atoms with van der Waals surface area (Å²) in [5.41, 5.74) is 0.913. The van der Waals surface area contributed by atoms with E-state index in [0.717, 1.165) is 25.1 Å². The van der Waals surface area contributed by atoms with Crippen LogP contribution >= 0.6 is 23.8 Å². The van der Waals surface area contributed by atoms with E-state index in [1.165, 1.54) is 0 Å². The van der Waals surface area contributed by atoms with E-state index in [0.29, 0.717) is 10.1 Å². The quantitative estimate of drug-likeness (QED) is 0.625. The Kier molecular flexibility index (Phi) is 5.43. The van der Waals surface area contributed by atoms with Crippen LogP contribution in [0.4, 0.5) is 5.69 Å². The third-order valence-electron chi connectivity index (χ3n) is 1.90. The summed E-state index contributed by atoms with van der Waals surface area (Å²) in [6, 6.07) is 7.49. The molecule has 0 bridgehead atoms. The fraction of sp³-hybridized carbons (Fsp3) is 0.364. The van der Waals surface area contributed by atoms with Gasteiger partial charge in [0, 0.05) is 17.3 Å². The molecule has 0 unspecified atom stereocenters. The first-order valence-electron chi connectivity index (χ1n) is 5.03. The van der Waals surface area contributed by atoms with Crippen LogP contribution in [0.15, 0.2) is 24.3 Å². The highest BCUT2D eigenvalue weighted by Crippen LogP contribution is 2.14. The summed E-state index contributed by atoms with van der Waals surface area (Å²) < 4.78 is 0. The van der Waals surface area contributed by atoms with Crippen molar-refractivity contribution in [3.8, 4) is 0 Å². The Hall–Kier alpha value is -0.800. The maximum Gasteiger partial charge on any atom is 0.170 e. The Morgan fingerprint density at radius 3 is 2.93 bits per heavy atom. The molecule has 4 heteroatoms. The third-order valence-corrected chi connectivity index (χ3v) is 2.38. The second-order valence-electron chi connectivity index (χ2n) is 3.24. The predicted molar refractivity (Wildman–Crippen MR) is 70.6 cm³/mol. The Morgan fingerprint density at radius 2 is 2.27 bits per heavy atom. The van der Waals surface area contributed by atoms with Crippen LogP contribution in [0, 0.1) is 0 Å². The molecule has 2 nitrogen and oxygen atoms in total. The largest absolute Gasteiger partial charge is 0.362 e. The number of benzene rings is 1. The lowest BCUT2D eigenvalue weighted by Gasteiger charge is -2.09. The van der Waals surface area contributed by atoms with Crippen LogP contribution in [-0.4, -0.2) is 11.7 Å². The minimum Gasteiger partial charge on any atom is -0.362 e.